The highest BCUT2D eigenvalue weighted by Gasteiger charge is 2.24. The molecule has 0 aromatic heterocycles. The molecule has 0 bridgehead atoms. The average Bonchev–Trinajstić information content (AvgIpc) is 2.28. The third kappa shape index (κ3) is 3.76. The molecule has 0 unspecified atom stereocenters. The Morgan fingerprint density at radius 1 is 1.32 bits per heavy atom. The second-order valence-electron chi connectivity index (χ2n) is 5.70. The first-order chi connectivity index (χ1) is 8.67. The van der Waals surface area contributed by atoms with E-state index >= 15 is 0 Å². The number of benzene rings is 1. The number of aryl methyl sites for hydroxylation is 1. The Balaban J connectivity index is 3.29. The number of nitrogens with one attached hydrogen (secondary N) is 2. The van der Waals surface area contributed by atoms with Gasteiger partial charge in [0.1, 0.15) is 5.82 Å². The van der Waals surface area contributed by atoms with Crippen molar-refractivity contribution < 1.29 is 13.2 Å². The van der Waals surface area contributed by atoms with E-state index < -0.39 is 17.8 Å². The maximum atomic E-state index is 13.9. The lowest BCUT2D eigenvalue weighted by Gasteiger charge is -2.23. The average molecular weight is 275 g/mol. The van der Waals surface area contributed by atoms with Crippen molar-refractivity contribution in [2.75, 3.05) is 17.3 Å². The molecular weight excluding hydrogens is 255 g/mol. The van der Waals surface area contributed by atoms with Gasteiger partial charge in [-0.25, -0.2) is 13.2 Å². The summed E-state index contributed by atoms with van der Waals surface area (Å²) in [6, 6.07) is 1.41. The number of nitrogen functional groups attached to an aromatic ring is 1. The molecule has 4 N–H and O–H groups in total. The number of hydrogen-bond donors (Lipinski definition) is 3. The monoisotopic (exact) mass is 275 g/mol. The summed E-state index contributed by atoms with van der Waals surface area (Å²) in [6.45, 7) is 7.69. The molecule has 0 atom stereocenters. The Morgan fingerprint density at radius 2 is 1.89 bits per heavy atom. The van der Waals surface area contributed by atoms with Crippen molar-refractivity contribution in [2.45, 2.75) is 34.1 Å². The Hall–Kier alpha value is -1.43. The van der Waals surface area contributed by atoms with Gasteiger partial charge in [-0.3, -0.25) is 5.84 Å². The standard InChI is InChI=1S/C13H20F3N3/c1-7-5-8(19-17)11(18-6-13(2,3)4)9(10(7)14)12(15)16/h5,12,18-19H,6,17H2,1-4H3. The second-order valence-corrected chi connectivity index (χ2v) is 5.70. The fraction of sp³-hybridized carbons (Fsp3) is 0.538. The predicted octanol–water partition coefficient (Wildman–Crippen LogP) is 3.82. The van der Waals surface area contributed by atoms with Crippen LogP contribution in [0.5, 0.6) is 0 Å². The number of anilines is 2. The van der Waals surface area contributed by atoms with Gasteiger partial charge in [-0.05, 0) is 24.0 Å². The highest BCUT2D eigenvalue weighted by molar-refractivity contribution is 5.74. The highest BCUT2D eigenvalue weighted by atomic mass is 19.3. The van der Waals surface area contributed by atoms with Crippen molar-refractivity contribution in [2.24, 2.45) is 11.3 Å². The van der Waals surface area contributed by atoms with Crippen LogP contribution >= 0.6 is 0 Å². The number of rotatable bonds is 4. The van der Waals surface area contributed by atoms with Gasteiger partial charge >= 0.3 is 0 Å². The van der Waals surface area contributed by atoms with Gasteiger partial charge in [0.05, 0.1) is 16.9 Å². The van der Waals surface area contributed by atoms with Gasteiger partial charge in [0.2, 0.25) is 0 Å². The fourth-order valence-electron chi connectivity index (χ4n) is 1.68. The molecule has 0 aliphatic rings. The van der Waals surface area contributed by atoms with Crippen molar-refractivity contribution >= 4 is 11.4 Å². The summed E-state index contributed by atoms with van der Waals surface area (Å²) in [6.07, 6.45) is -2.91. The van der Waals surface area contributed by atoms with Crippen LogP contribution < -0.4 is 16.6 Å². The van der Waals surface area contributed by atoms with Gasteiger partial charge in [-0.2, -0.15) is 0 Å². The van der Waals surface area contributed by atoms with E-state index in [-0.39, 0.29) is 22.4 Å². The molecule has 1 aromatic rings. The molecule has 0 fully saturated rings. The van der Waals surface area contributed by atoms with E-state index in [0.29, 0.717) is 6.54 Å². The minimum absolute atomic E-state index is 0.0236. The van der Waals surface area contributed by atoms with Crippen molar-refractivity contribution in [3.63, 3.8) is 0 Å². The number of hydrazine groups is 1. The van der Waals surface area contributed by atoms with Crippen molar-refractivity contribution in [3.8, 4) is 0 Å². The summed E-state index contributed by atoms with van der Waals surface area (Å²) in [4.78, 5) is 0. The molecule has 108 valence electrons. The van der Waals surface area contributed by atoms with E-state index in [1.54, 1.807) is 0 Å². The zero-order chi connectivity index (χ0) is 14.8. The minimum Gasteiger partial charge on any atom is -0.382 e. The van der Waals surface area contributed by atoms with Gasteiger partial charge in [0.15, 0.2) is 0 Å². The van der Waals surface area contributed by atoms with Crippen LogP contribution in [-0.4, -0.2) is 6.54 Å². The lowest BCUT2D eigenvalue weighted by Crippen LogP contribution is -2.22. The molecule has 0 radical (unpaired) electrons. The highest BCUT2D eigenvalue weighted by Crippen LogP contribution is 2.37. The summed E-state index contributed by atoms with van der Waals surface area (Å²) in [5, 5.41) is 2.86. The maximum absolute atomic E-state index is 13.9. The molecule has 1 aromatic carbocycles. The van der Waals surface area contributed by atoms with Gasteiger partial charge in [-0.15, -0.1) is 0 Å². The summed E-state index contributed by atoms with van der Waals surface area (Å²) in [7, 11) is 0. The third-order valence-corrected chi connectivity index (χ3v) is 2.65. The molecule has 0 aliphatic heterocycles. The lowest BCUT2D eigenvalue weighted by molar-refractivity contribution is 0.147. The quantitative estimate of drug-likeness (QED) is 0.578. The summed E-state index contributed by atoms with van der Waals surface area (Å²) >= 11 is 0. The second kappa shape index (κ2) is 5.69. The lowest BCUT2D eigenvalue weighted by atomic mass is 9.96. The van der Waals surface area contributed by atoms with Crippen LogP contribution in [-0.2, 0) is 0 Å². The number of hydrogen-bond acceptors (Lipinski definition) is 3. The first-order valence-corrected chi connectivity index (χ1v) is 5.99. The number of nitrogens with two attached hydrogens (primary N) is 1. The van der Waals surface area contributed by atoms with Crippen LogP contribution in [0.4, 0.5) is 24.5 Å². The first kappa shape index (κ1) is 15.6. The van der Waals surface area contributed by atoms with Crippen LogP contribution in [0.1, 0.15) is 38.3 Å². The molecule has 0 heterocycles. The Kier molecular flexibility index (Phi) is 4.68. The molecule has 19 heavy (non-hydrogen) atoms. The maximum Gasteiger partial charge on any atom is 0.268 e. The molecule has 3 nitrogen and oxygen atoms in total. The molecule has 0 amide bonds. The smallest absolute Gasteiger partial charge is 0.268 e. The first-order valence-electron chi connectivity index (χ1n) is 5.99. The summed E-state index contributed by atoms with van der Waals surface area (Å²) in [5.41, 5.74) is 1.97. The van der Waals surface area contributed by atoms with E-state index in [4.69, 9.17) is 5.84 Å². The normalized spacial score (nSPS) is 11.8. The van der Waals surface area contributed by atoms with Crippen LogP contribution in [0.15, 0.2) is 6.07 Å². The van der Waals surface area contributed by atoms with E-state index in [9.17, 15) is 13.2 Å². The zero-order valence-corrected chi connectivity index (χ0v) is 11.6. The molecular formula is C13H20F3N3. The Bertz CT molecular complexity index is 453. The van der Waals surface area contributed by atoms with Crippen molar-refractivity contribution in [1.29, 1.82) is 0 Å². The predicted molar refractivity (Wildman–Crippen MR) is 71.8 cm³/mol. The molecule has 0 spiro atoms. The Morgan fingerprint density at radius 3 is 2.32 bits per heavy atom. The van der Waals surface area contributed by atoms with Crippen LogP contribution in [0.2, 0.25) is 0 Å². The van der Waals surface area contributed by atoms with E-state index in [2.05, 4.69) is 10.7 Å². The van der Waals surface area contributed by atoms with E-state index in [1.807, 2.05) is 20.8 Å². The van der Waals surface area contributed by atoms with Crippen molar-refractivity contribution in [1.82, 2.24) is 0 Å². The molecule has 0 saturated carbocycles. The summed E-state index contributed by atoms with van der Waals surface area (Å²) in [5.74, 6) is 4.42. The fourth-order valence-corrected chi connectivity index (χ4v) is 1.68. The number of alkyl halides is 2. The van der Waals surface area contributed by atoms with Gasteiger partial charge in [0.25, 0.3) is 6.43 Å². The van der Waals surface area contributed by atoms with Crippen LogP contribution in [0.25, 0.3) is 0 Å². The van der Waals surface area contributed by atoms with Gasteiger partial charge in [-0.1, -0.05) is 20.8 Å². The van der Waals surface area contributed by atoms with E-state index in [1.165, 1.54) is 13.0 Å². The SMILES string of the molecule is Cc1cc(NN)c(NCC(C)(C)C)c(C(F)F)c1F. The van der Waals surface area contributed by atoms with Crippen LogP contribution in [0.3, 0.4) is 0 Å². The van der Waals surface area contributed by atoms with E-state index in [0.717, 1.165) is 0 Å². The van der Waals surface area contributed by atoms with Gasteiger partial charge < -0.3 is 10.7 Å². The largest absolute Gasteiger partial charge is 0.382 e. The van der Waals surface area contributed by atoms with Crippen LogP contribution in [0, 0.1) is 18.2 Å². The van der Waals surface area contributed by atoms with Gasteiger partial charge in [0, 0.05) is 6.54 Å². The molecule has 0 aliphatic carbocycles. The van der Waals surface area contributed by atoms with Crippen molar-refractivity contribution in [3.05, 3.63) is 23.0 Å². The minimum atomic E-state index is -2.91. The third-order valence-electron chi connectivity index (χ3n) is 2.65. The molecule has 0 saturated heterocycles. The summed E-state index contributed by atoms with van der Waals surface area (Å²) < 4.78 is 40.0. The molecule has 1 rings (SSSR count). The molecule has 6 heteroatoms. The topological polar surface area (TPSA) is 50.1 Å². The number of halogens is 3. The zero-order valence-electron chi connectivity index (χ0n) is 11.6. The Labute approximate surface area is 111 Å².